The van der Waals surface area contributed by atoms with Crippen molar-refractivity contribution in [1.82, 2.24) is 10.2 Å². The summed E-state index contributed by atoms with van der Waals surface area (Å²) < 4.78 is 0. The number of nitrogens with one attached hydrogen (secondary N) is 1. The fourth-order valence-electron chi connectivity index (χ4n) is 3.63. The van der Waals surface area contributed by atoms with Gasteiger partial charge >= 0.3 is 0 Å². The monoisotopic (exact) mass is 282 g/mol. The van der Waals surface area contributed by atoms with Crippen molar-refractivity contribution in [3.05, 3.63) is 0 Å². The molecule has 4 nitrogen and oxygen atoms in total. The third-order valence-electron chi connectivity index (χ3n) is 4.68. The van der Waals surface area contributed by atoms with Crippen LogP contribution in [-0.4, -0.2) is 47.2 Å². The summed E-state index contributed by atoms with van der Waals surface area (Å²) in [4.78, 5) is 14.5. The number of hydrogen-bond donors (Lipinski definition) is 2. The van der Waals surface area contributed by atoms with Crippen LogP contribution in [0, 0.1) is 0 Å². The maximum Gasteiger partial charge on any atom is 0.234 e. The number of likely N-dealkylation sites (tertiary alicyclic amines) is 1. The van der Waals surface area contributed by atoms with E-state index in [1.165, 1.54) is 32.1 Å². The number of aliphatic hydroxyl groups excluding tert-OH is 1. The number of aliphatic hydroxyl groups is 1. The van der Waals surface area contributed by atoms with Gasteiger partial charge in [-0.15, -0.1) is 0 Å². The van der Waals surface area contributed by atoms with Gasteiger partial charge in [0.1, 0.15) is 0 Å². The lowest BCUT2D eigenvalue weighted by molar-refractivity contribution is -0.124. The molecule has 116 valence electrons. The fourth-order valence-corrected chi connectivity index (χ4v) is 3.63. The van der Waals surface area contributed by atoms with E-state index >= 15 is 0 Å². The Morgan fingerprint density at radius 3 is 2.60 bits per heavy atom. The Hall–Kier alpha value is -0.610. The molecule has 0 spiro atoms. The summed E-state index contributed by atoms with van der Waals surface area (Å²) in [5.41, 5.74) is 0. The van der Waals surface area contributed by atoms with Crippen molar-refractivity contribution >= 4 is 5.91 Å². The first-order chi connectivity index (χ1) is 9.65. The van der Waals surface area contributed by atoms with E-state index in [4.69, 9.17) is 0 Å². The van der Waals surface area contributed by atoms with Crippen molar-refractivity contribution in [2.24, 2.45) is 0 Å². The van der Waals surface area contributed by atoms with E-state index in [-0.39, 0.29) is 12.0 Å². The highest BCUT2D eigenvalue weighted by Gasteiger charge is 2.26. The molecule has 2 rings (SSSR count). The number of carbonyl (C=O) groups is 1. The largest absolute Gasteiger partial charge is 0.393 e. The Bertz CT molecular complexity index is 301. The number of piperidine rings is 1. The molecule has 0 bridgehead atoms. The van der Waals surface area contributed by atoms with Crippen LogP contribution in [-0.2, 0) is 4.79 Å². The summed E-state index contributed by atoms with van der Waals surface area (Å²) in [6.07, 6.45) is 10.1. The zero-order valence-corrected chi connectivity index (χ0v) is 12.8. The third-order valence-corrected chi connectivity index (χ3v) is 4.68. The number of rotatable bonds is 5. The van der Waals surface area contributed by atoms with Crippen LogP contribution in [0.2, 0.25) is 0 Å². The molecule has 2 aliphatic rings. The van der Waals surface area contributed by atoms with Crippen molar-refractivity contribution in [2.75, 3.05) is 13.1 Å². The van der Waals surface area contributed by atoms with E-state index in [0.717, 1.165) is 32.2 Å². The predicted octanol–water partition coefficient (Wildman–Crippen LogP) is 2.06. The van der Waals surface area contributed by atoms with Crippen molar-refractivity contribution in [2.45, 2.75) is 82.9 Å². The maximum absolute atomic E-state index is 12.2. The first-order valence-electron chi connectivity index (χ1n) is 8.36. The van der Waals surface area contributed by atoms with Crippen LogP contribution < -0.4 is 5.32 Å². The van der Waals surface area contributed by atoms with Gasteiger partial charge in [-0.3, -0.25) is 9.69 Å². The Morgan fingerprint density at radius 2 is 1.90 bits per heavy atom. The van der Waals surface area contributed by atoms with Crippen LogP contribution in [0.1, 0.15) is 64.7 Å². The summed E-state index contributed by atoms with van der Waals surface area (Å²) in [5.74, 6) is 0.175. The lowest BCUT2D eigenvalue weighted by Crippen LogP contribution is -2.48. The minimum absolute atomic E-state index is 0.175. The molecule has 2 N–H and O–H groups in total. The van der Waals surface area contributed by atoms with Crippen molar-refractivity contribution in [3.63, 3.8) is 0 Å². The minimum Gasteiger partial charge on any atom is -0.393 e. The fraction of sp³-hybridized carbons (Fsp3) is 0.938. The molecular formula is C16H30N2O2. The van der Waals surface area contributed by atoms with Crippen molar-refractivity contribution in [1.29, 1.82) is 0 Å². The van der Waals surface area contributed by atoms with Crippen molar-refractivity contribution in [3.8, 4) is 0 Å². The number of amides is 1. The van der Waals surface area contributed by atoms with E-state index in [1.54, 1.807) is 0 Å². The van der Waals surface area contributed by atoms with E-state index in [2.05, 4.69) is 10.2 Å². The summed E-state index contributed by atoms with van der Waals surface area (Å²) >= 11 is 0. The zero-order valence-electron chi connectivity index (χ0n) is 12.8. The topological polar surface area (TPSA) is 52.6 Å². The molecule has 2 fully saturated rings. The molecule has 1 saturated carbocycles. The van der Waals surface area contributed by atoms with Crippen molar-refractivity contribution < 1.29 is 9.90 Å². The summed E-state index contributed by atoms with van der Waals surface area (Å²) in [6.45, 7) is 3.35. The maximum atomic E-state index is 12.2. The molecular weight excluding hydrogens is 252 g/mol. The van der Waals surface area contributed by atoms with Gasteiger partial charge < -0.3 is 10.4 Å². The van der Waals surface area contributed by atoms with Crippen LogP contribution >= 0.6 is 0 Å². The first kappa shape index (κ1) is 15.8. The second-order valence-corrected chi connectivity index (χ2v) is 6.61. The Morgan fingerprint density at radius 1 is 1.20 bits per heavy atom. The zero-order chi connectivity index (χ0) is 14.4. The molecule has 1 amide bonds. The van der Waals surface area contributed by atoms with Gasteiger partial charge in [0.2, 0.25) is 5.91 Å². The highest BCUT2D eigenvalue weighted by Crippen LogP contribution is 2.21. The number of nitrogens with zero attached hydrogens (tertiary/aromatic N) is 1. The van der Waals surface area contributed by atoms with E-state index in [0.29, 0.717) is 18.6 Å². The second-order valence-electron chi connectivity index (χ2n) is 6.61. The second kappa shape index (κ2) is 7.99. The SMILES string of the molecule is CC(O)CC1CCCCN1CC(=O)NC1CCCCC1. The van der Waals surface area contributed by atoms with Crippen LogP contribution in [0.3, 0.4) is 0 Å². The first-order valence-corrected chi connectivity index (χ1v) is 8.36. The number of carbonyl (C=O) groups excluding carboxylic acids is 1. The summed E-state index contributed by atoms with van der Waals surface area (Å²) in [6, 6.07) is 0.775. The molecule has 20 heavy (non-hydrogen) atoms. The Balaban J connectivity index is 1.78. The average Bonchev–Trinajstić information content (AvgIpc) is 2.41. The lowest BCUT2D eigenvalue weighted by atomic mass is 9.95. The van der Waals surface area contributed by atoms with Gasteiger partial charge in [0.25, 0.3) is 0 Å². The molecule has 0 aromatic carbocycles. The normalized spacial score (nSPS) is 27.2. The van der Waals surface area contributed by atoms with E-state index in [9.17, 15) is 9.90 Å². The van der Waals surface area contributed by atoms with Crippen LogP contribution in [0.25, 0.3) is 0 Å². The lowest BCUT2D eigenvalue weighted by Gasteiger charge is -2.36. The van der Waals surface area contributed by atoms with Gasteiger partial charge in [0.15, 0.2) is 0 Å². The molecule has 4 heteroatoms. The van der Waals surface area contributed by atoms with Gasteiger partial charge in [-0.05, 0) is 45.6 Å². The smallest absolute Gasteiger partial charge is 0.234 e. The van der Waals surface area contributed by atoms with Gasteiger partial charge in [0, 0.05) is 12.1 Å². The molecule has 2 atom stereocenters. The van der Waals surface area contributed by atoms with Gasteiger partial charge in [-0.2, -0.15) is 0 Å². The molecule has 1 aliphatic heterocycles. The Kier molecular flexibility index (Phi) is 6.30. The van der Waals surface area contributed by atoms with E-state index in [1.807, 2.05) is 6.92 Å². The van der Waals surface area contributed by atoms with E-state index < -0.39 is 0 Å². The standard InChI is InChI=1S/C16H30N2O2/c1-13(19)11-15-9-5-6-10-18(15)12-16(20)17-14-7-3-2-4-8-14/h13-15,19H,2-12H2,1H3,(H,17,20). The van der Waals surface area contributed by atoms with Gasteiger partial charge in [-0.25, -0.2) is 0 Å². The van der Waals surface area contributed by atoms with Gasteiger partial charge in [-0.1, -0.05) is 25.7 Å². The molecule has 2 unspecified atom stereocenters. The minimum atomic E-state index is -0.276. The number of hydrogen-bond acceptors (Lipinski definition) is 3. The summed E-state index contributed by atoms with van der Waals surface area (Å²) in [5, 5.41) is 12.8. The highest BCUT2D eigenvalue weighted by molar-refractivity contribution is 5.78. The highest BCUT2D eigenvalue weighted by atomic mass is 16.3. The average molecular weight is 282 g/mol. The third kappa shape index (κ3) is 5.06. The van der Waals surface area contributed by atoms with Crippen LogP contribution in [0.15, 0.2) is 0 Å². The Labute approximate surface area is 122 Å². The van der Waals surface area contributed by atoms with Crippen LogP contribution in [0.4, 0.5) is 0 Å². The molecule has 1 aliphatic carbocycles. The summed E-state index contributed by atoms with van der Waals surface area (Å²) in [7, 11) is 0. The van der Waals surface area contributed by atoms with Crippen LogP contribution in [0.5, 0.6) is 0 Å². The predicted molar refractivity (Wildman–Crippen MR) is 80.5 cm³/mol. The molecule has 0 aromatic heterocycles. The van der Waals surface area contributed by atoms with Gasteiger partial charge in [0.05, 0.1) is 12.6 Å². The molecule has 1 heterocycles. The molecule has 0 aromatic rings. The molecule has 1 saturated heterocycles. The molecule has 0 radical (unpaired) electrons. The quantitative estimate of drug-likeness (QED) is 0.811.